The van der Waals surface area contributed by atoms with E-state index in [1.807, 2.05) is 18.2 Å². The van der Waals surface area contributed by atoms with Gasteiger partial charge in [-0.25, -0.2) is 4.79 Å². The van der Waals surface area contributed by atoms with Gasteiger partial charge in [-0.3, -0.25) is 4.79 Å². The lowest BCUT2D eigenvalue weighted by atomic mass is 9.98. The number of nitrogens with one attached hydrogen (secondary N) is 1. The van der Waals surface area contributed by atoms with Crippen molar-refractivity contribution in [3.63, 3.8) is 0 Å². The number of aliphatic carboxylic acids is 1. The van der Waals surface area contributed by atoms with Crippen molar-refractivity contribution >= 4 is 11.9 Å². The van der Waals surface area contributed by atoms with Gasteiger partial charge < -0.3 is 15.2 Å². The van der Waals surface area contributed by atoms with Crippen LogP contribution in [0.4, 0.5) is 0 Å². The van der Waals surface area contributed by atoms with Crippen LogP contribution in [-0.4, -0.2) is 35.7 Å². The van der Waals surface area contributed by atoms with Crippen LogP contribution in [0.3, 0.4) is 0 Å². The molecular formula is C16H19NO4. The molecule has 0 bridgehead atoms. The lowest BCUT2D eigenvalue weighted by molar-refractivity contribution is -0.147. The van der Waals surface area contributed by atoms with E-state index in [2.05, 4.69) is 17.4 Å². The Hall–Kier alpha value is -1.88. The molecule has 1 unspecified atom stereocenters. The van der Waals surface area contributed by atoms with Gasteiger partial charge in [0, 0.05) is 19.4 Å². The normalized spacial score (nSPS) is 30.9. The van der Waals surface area contributed by atoms with Gasteiger partial charge in [-0.05, 0) is 23.8 Å². The highest BCUT2D eigenvalue weighted by Crippen LogP contribution is 2.49. The molecule has 1 aromatic carbocycles. The summed E-state index contributed by atoms with van der Waals surface area (Å²) in [6.07, 6.45) is 1.71. The Morgan fingerprint density at radius 2 is 2.10 bits per heavy atom. The first-order chi connectivity index (χ1) is 10.1. The summed E-state index contributed by atoms with van der Waals surface area (Å²) in [7, 11) is 0. The summed E-state index contributed by atoms with van der Waals surface area (Å²) >= 11 is 0. The van der Waals surface area contributed by atoms with Crippen LogP contribution in [-0.2, 0) is 14.3 Å². The molecule has 2 fully saturated rings. The van der Waals surface area contributed by atoms with E-state index >= 15 is 0 Å². The van der Waals surface area contributed by atoms with Gasteiger partial charge in [0.15, 0.2) is 5.54 Å². The zero-order valence-electron chi connectivity index (χ0n) is 11.7. The molecule has 1 aliphatic carbocycles. The van der Waals surface area contributed by atoms with E-state index in [-0.39, 0.29) is 12.5 Å². The number of hydrogen-bond donors (Lipinski definition) is 2. The van der Waals surface area contributed by atoms with Gasteiger partial charge in [-0.15, -0.1) is 0 Å². The Kier molecular flexibility index (Phi) is 3.68. The predicted molar refractivity (Wildman–Crippen MR) is 75.9 cm³/mol. The summed E-state index contributed by atoms with van der Waals surface area (Å²) < 4.78 is 5.14. The van der Waals surface area contributed by atoms with Crippen molar-refractivity contribution in [1.29, 1.82) is 0 Å². The standard InChI is InChI=1S/C16H19NO4/c18-14(17-16(15(19)20)6-7-21-10-16)9-12-8-13(12)11-4-2-1-3-5-11/h1-5,12-13H,6-10H2,(H,17,18)(H,19,20)/t12-,13-,16?/m0/s1. The molecule has 5 heteroatoms. The second kappa shape index (κ2) is 5.48. The molecule has 5 nitrogen and oxygen atoms in total. The molecule has 0 spiro atoms. The molecule has 0 aromatic heterocycles. The monoisotopic (exact) mass is 289 g/mol. The van der Waals surface area contributed by atoms with Crippen LogP contribution < -0.4 is 5.32 Å². The molecule has 2 N–H and O–H groups in total. The molecule has 0 radical (unpaired) electrons. The molecular weight excluding hydrogens is 270 g/mol. The fraction of sp³-hybridized carbons (Fsp3) is 0.500. The third-order valence-corrected chi connectivity index (χ3v) is 4.41. The van der Waals surface area contributed by atoms with E-state index < -0.39 is 11.5 Å². The maximum atomic E-state index is 12.1. The van der Waals surface area contributed by atoms with Crippen molar-refractivity contribution < 1.29 is 19.4 Å². The minimum absolute atomic E-state index is 0.0564. The second-order valence-electron chi connectivity index (χ2n) is 5.96. The summed E-state index contributed by atoms with van der Waals surface area (Å²) in [4.78, 5) is 23.5. The fourth-order valence-corrected chi connectivity index (χ4v) is 3.02. The average Bonchev–Trinajstić information content (AvgIpc) is 3.06. The van der Waals surface area contributed by atoms with Crippen LogP contribution in [0.25, 0.3) is 0 Å². The zero-order chi connectivity index (χ0) is 14.9. The molecule has 2 aliphatic rings. The number of amides is 1. The summed E-state index contributed by atoms with van der Waals surface area (Å²) in [5, 5.41) is 12.0. The fourth-order valence-electron chi connectivity index (χ4n) is 3.02. The minimum atomic E-state index is -1.23. The summed E-state index contributed by atoms with van der Waals surface area (Å²) in [5.74, 6) is -0.451. The van der Waals surface area contributed by atoms with Crippen molar-refractivity contribution in [1.82, 2.24) is 5.32 Å². The molecule has 1 amide bonds. The quantitative estimate of drug-likeness (QED) is 0.862. The Morgan fingerprint density at radius 1 is 1.33 bits per heavy atom. The molecule has 1 heterocycles. The molecule has 1 aromatic rings. The molecule has 1 saturated carbocycles. The highest BCUT2D eigenvalue weighted by molar-refractivity contribution is 5.87. The number of ether oxygens (including phenoxy) is 1. The highest BCUT2D eigenvalue weighted by Gasteiger charge is 2.46. The first-order valence-electron chi connectivity index (χ1n) is 7.28. The third-order valence-electron chi connectivity index (χ3n) is 4.41. The lowest BCUT2D eigenvalue weighted by Crippen LogP contribution is -2.55. The van der Waals surface area contributed by atoms with Gasteiger partial charge in [0.25, 0.3) is 0 Å². The maximum Gasteiger partial charge on any atom is 0.331 e. The van der Waals surface area contributed by atoms with Gasteiger partial charge in [0.2, 0.25) is 5.91 Å². The number of carboxylic acids is 1. The van der Waals surface area contributed by atoms with Crippen molar-refractivity contribution in [3.8, 4) is 0 Å². The number of carboxylic acid groups (broad SMARTS) is 1. The van der Waals surface area contributed by atoms with E-state index in [0.717, 1.165) is 6.42 Å². The molecule has 21 heavy (non-hydrogen) atoms. The molecule has 3 rings (SSSR count). The largest absolute Gasteiger partial charge is 0.479 e. The van der Waals surface area contributed by atoms with Gasteiger partial charge in [-0.2, -0.15) is 0 Å². The van der Waals surface area contributed by atoms with Crippen LogP contribution in [0.5, 0.6) is 0 Å². The number of benzene rings is 1. The summed E-state index contributed by atoms with van der Waals surface area (Å²) in [6, 6.07) is 10.1. The van der Waals surface area contributed by atoms with Crippen molar-refractivity contribution in [3.05, 3.63) is 35.9 Å². The average molecular weight is 289 g/mol. The Bertz CT molecular complexity index is 536. The van der Waals surface area contributed by atoms with E-state index in [0.29, 0.717) is 31.3 Å². The van der Waals surface area contributed by atoms with Crippen LogP contribution in [0.15, 0.2) is 30.3 Å². The van der Waals surface area contributed by atoms with Crippen molar-refractivity contribution in [2.75, 3.05) is 13.2 Å². The van der Waals surface area contributed by atoms with Gasteiger partial charge in [0.05, 0.1) is 6.61 Å². The Balaban J connectivity index is 1.55. The maximum absolute atomic E-state index is 12.1. The number of rotatable bonds is 5. The SMILES string of the molecule is O=C(C[C@@H]1C[C@H]1c1ccccc1)NC1(C(=O)O)CCOC1. The number of carbonyl (C=O) groups excluding carboxylic acids is 1. The highest BCUT2D eigenvalue weighted by atomic mass is 16.5. The second-order valence-corrected chi connectivity index (χ2v) is 5.96. The number of hydrogen-bond acceptors (Lipinski definition) is 3. The van der Waals surface area contributed by atoms with Crippen molar-refractivity contribution in [2.45, 2.75) is 30.7 Å². The molecule has 1 aliphatic heterocycles. The smallest absolute Gasteiger partial charge is 0.331 e. The molecule has 3 atom stereocenters. The third kappa shape index (κ3) is 2.93. The molecule has 1 saturated heterocycles. The first-order valence-corrected chi connectivity index (χ1v) is 7.28. The predicted octanol–water partition coefficient (Wildman–Crippen LogP) is 1.54. The zero-order valence-corrected chi connectivity index (χ0v) is 11.7. The van der Waals surface area contributed by atoms with Crippen LogP contribution in [0.1, 0.15) is 30.7 Å². The Labute approximate surface area is 123 Å². The van der Waals surface area contributed by atoms with Gasteiger partial charge in [0.1, 0.15) is 0 Å². The van der Waals surface area contributed by atoms with E-state index in [4.69, 9.17) is 4.74 Å². The molecule has 112 valence electrons. The summed E-state index contributed by atoms with van der Waals surface area (Å²) in [5.41, 5.74) is 0.0289. The van der Waals surface area contributed by atoms with Gasteiger partial charge >= 0.3 is 5.97 Å². The first kappa shape index (κ1) is 14.1. The lowest BCUT2D eigenvalue weighted by Gasteiger charge is -2.23. The van der Waals surface area contributed by atoms with Crippen LogP contribution in [0.2, 0.25) is 0 Å². The minimum Gasteiger partial charge on any atom is -0.479 e. The topological polar surface area (TPSA) is 75.6 Å². The van der Waals surface area contributed by atoms with Crippen LogP contribution >= 0.6 is 0 Å². The van der Waals surface area contributed by atoms with E-state index in [9.17, 15) is 14.7 Å². The van der Waals surface area contributed by atoms with Gasteiger partial charge in [-0.1, -0.05) is 30.3 Å². The van der Waals surface area contributed by atoms with Crippen molar-refractivity contribution in [2.24, 2.45) is 5.92 Å². The van der Waals surface area contributed by atoms with E-state index in [1.54, 1.807) is 0 Å². The van der Waals surface area contributed by atoms with E-state index in [1.165, 1.54) is 5.56 Å². The summed E-state index contributed by atoms with van der Waals surface area (Å²) in [6.45, 7) is 0.434. The number of carbonyl (C=O) groups is 2. The van der Waals surface area contributed by atoms with Crippen LogP contribution in [0, 0.1) is 5.92 Å². The Morgan fingerprint density at radius 3 is 2.71 bits per heavy atom.